The summed E-state index contributed by atoms with van der Waals surface area (Å²) in [6.45, 7) is 0. The van der Waals surface area contributed by atoms with E-state index in [1.165, 1.54) is 0 Å². The Bertz CT molecular complexity index is 153. The van der Waals surface area contributed by atoms with Gasteiger partial charge in [0.15, 0.2) is 0 Å². The van der Waals surface area contributed by atoms with E-state index in [0.29, 0.717) is 0 Å². The Labute approximate surface area is 80.5 Å². The molecular formula is C5H13BF4N2S. The van der Waals surface area contributed by atoms with Crippen molar-refractivity contribution < 1.29 is 22.3 Å². The van der Waals surface area contributed by atoms with E-state index in [-0.39, 0.29) is 0 Å². The molecule has 0 spiro atoms. The van der Waals surface area contributed by atoms with E-state index < -0.39 is 7.25 Å². The number of amidine groups is 1. The summed E-state index contributed by atoms with van der Waals surface area (Å²) in [5.74, 6) is 1.90. The van der Waals surface area contributed by atoms with Crippen LogP contribution in [0.1, 0.15) is 0 Å². The SMILES string of the molecule is C[NH+]=C(CS)N(C)C.F[B-](F)(F)F. The third kappa shape index (κ3) is 18.5. The van der Waals surface area contributed by atoms with Crippen molar-refractivity contribution in [2.45, 2.75) is 0 Å². The van der Waals surface area contributed by atoms with Crippen molar-refractivity contribution in [3.05, 3.63) is 0 Å². The van der Waals surface area contributed by atoms with Crippen molar-refractivity contribution in [2.24, 2.45) is 0 Å². The van der Waals surface area contributed by atoms with Gasteiger partial charge in [-0.05, 0) is 0 Å². The Morgan fingerprint density at radius 2 is 1.62 bits per heavy atom. The summed E-state index contributed by atoms with van der Waals surface area (Å²) < 4.78 is 39.0. The van der Waals surface area contributed by atoms with Crippen LogP contribution in [0.2, 0.25) is 0 Å². The number of hydrogen-bond acceptors (Lipinski definition) is 1. The lowest BCUT2D eigenvalue weighted by Gasteiger charge is -2.02. The average Bonchev–Trinajstić information content (AvgIpc) is 1.85. The van der Waals surface area contributed by atoms with E-state index in [4.69, 9.17) is 0 Å². The van der Waals surface area contributed by atoms with Gasteiger partial charge in [0.2, 0.25) is 0 Å². The summed E-state index contributed by atoms with van der Waals surface area (Å²) in [5, 5.41) is 0. The summed E-state index contributed by atoms with van der Waals surface area (Å²) in [5.41, 5.74) is 0. The zero-order chi connectivity index (χ0) is 11.1. The van der Waals surface area contributed by atoms with Gasteiger partial charge in [0, 0.05) is 0 Å². The molecule has 0 rings (SSSR count). The van der Waals surface area contributed by atoms with E-state index >= 15 is 0 Å². The number of rotatable bonds is 1. The quantitative estimate of drug-likeness (QED) is 0.207. The summed E-state index contributed by atoms with van der Waals surface area (Å²) in [7, 11) is -0.129. The molecule has 0 atom stereocenters. The van der Waals surface area contributed by atoms with Gasteiger partial charge in [-0.15, -0.1) is 0 Å². The molecule has 0 aromatic heterocycles. The molecule has 0 aliphatic carbocycles. The van der Waals surface area contributed by atoms with Gasteiger partial charge in [-0.2, -0.15) is 12.6 Å². The number of hydrogen-bond donors (Lipinski definition) is 2. The Morgan fingerprint density at radius 3 is 1.62 bits per heavy atom. The normalized spacial score (nSPS) is 11.8. The van der Waals surface area contributed by atoms with Crippen molar-refractivity contribution in [1.29, 1.82) is 0 Å². The van der Waals surface area contributed by atoms with Crippen LogP contribution in [0.15, 0.2) is 0 Å². The zero-order valence-corrected chi connectivity index (χ0v) is 8.59. The van der Waals surface area contributed by atoms with E-state index in [0.717, 1.165) is 11.6 Å². The Balaban J connectivity index is 0. The van der Waals surface area contributed by atoms with Crippen molar-refractivity contribution in [1.82, 2.24) is 4.90 Å². The van der Waals surface area contributed by atoms with Crippen LogP contribution in [-0.2, 0) is 0 Å². The van der Waals surface area contributed by atoms with Gasteiger partial charge in [0.25, 0.3) is 5.84 Å². The predicted molar refractivity (Wildman–Crippen MR) is 49.6 cm³/mol. The number of halogens is 4. The first-order valence-electron chi connectivity index (χ1n) is 3.41. The molecule has 0 fully saturated rings. The second kappa shape index (κ2) is 7.05. The maximum Gasteiger partial charge on any atom is 0.673 e. The average molecular weight is 220 g/mol. The Kier molecular flexibility index (Phi) is 8.19. The standard InChI is InChI=1S/C5H12N2S.BF4/c1-6-5(4-8)7(2)3;2-1(3,4)5/h8H,4H2,1-3H3;/q;-1/p+1. The lowest BCUT2D eigenvalue weighted by atomic mass is 10.3. The topological polar surface area (TPSA) is 17.2 Å². The van der Waals surface area contributed by atoms with Crippen molar-refractivity contribution in [3.8, 4) is 0 Å². The molecule has 1 N–H and O–H groups in total. The van der Waals surface area contributed by atoms with Gasteiger partial charge in [-0.25, -0.2) is 0 Å². The van der Waals surface area contributed by atoms with E-state index in [9.17, 15) is 17.3 Å². The van der Waals surface area contributed by atoms with E-state index in [1.807, 2.05) is 26.0 Å². The third-order valence-corrected chi connectivity index (χ3v) is 1.28. The second-order valence-electron chi connectivity index (χ2n) is 2.24. The second-order valence-corrected chi connectivity index (χ2v) is 2.56. The first-order chi connectivity index (χ1) is 5.72. The van der Waals surface area contributed by atoms with Crippen LogP contribution in [0.5, 0.6) is 0 Å². The Morgan fingerprint density at radius 1 is 1.31 bits per heavy atom. The van der Waals surface area contributed by atoms with Crippen molar-refractivity contribution >= 4 is 25.7 Å². The number of nitrogens with zero attached hydrogens (tertiary/aromatic N) is 1. The van der Waals surface area contributed by atoms with Gasteiger partial charge < -0.3 is 17.3 Å². The van der Waals surface area contributed by atoms with Crippen molar-refractivity contribution in [3.63, 3.8) is 0 Å². The van der Waals surface area contributed by atoms with Gasteiger partial charge in [-0.3, -0.25) is 9.89 Å². The monoisotopic (exact) mass is 220 g/mol. The predicted octanol–water partition coefficient (Wildman–Crippen LogP) is -0.113. The summed E-state index contributed by atoms with van der Waals surface area (Å²) in [6, 6.07) is 0. The summed E-state index contributed by atoms with van der Waals surface area (Å²) >= 11 is 4.09. The molecule has 0 heterocycles. The molecule has 0 aromatic rings. The van der Waals surface area contributed by atoms with Gasteiger partial charge in [-0.1, -0.05) is 0 Å². The molecule has 2 nitrogen and oxygen atoms in total. The minimum atomic E-state index is -6.00. The minimum Gasteiger partial charge on any atom is -0.418 e. The molecule has 0 unspecified atom stereocenters. The molecule has 80 valence electrons. The lowest BCUT2D eigenvalue weighted by molar-refractivity contribution is -0.426. The maximum absolute atomic E-state index is 9.75. The van der Waals surface area contributed by atoms with Crippen LogP contribution in [0.4, 0.5) is 17.3 Å². The molecule has 0 saturated carbocycles. The molecule has 0 radical (unpaired) electrons. The van der Waals surface area contributed by atoms with Crippen molar-refractivity contribution in [2.75, 3.05) is 26.9 Å². The van der Waals surface area contributed by atoms with Crippen LogP contribution >= 0.6 is 12.6 Å². The first-order valence-corrected chi connectivity index (χ1v) is 4.04. The molecule has 13 heavy (non-hydrogen) atoms. The minimum absolute atomic E-state index is 0.767. The molecule has 0 saturated heterocycles. The highest BCUT2D eigenvalue weighted by Crippen LogP contribution is 2.06. The smallest absolute Gasteiger partial charge is 0.418 e. The van der Waals surface area contributed by atoms with Gasteiger partial charge >= 0.3 is 7.25 Å². The fraction of sp³-hybridized carbons (Fsp3) is 0.800. The lowest BCUT2D eigenvalue weighted by Crippen LogP contribution is -2.71. The molecule has 0 amide bonds. The summed E-state index contributed by atoms with van der Waals surface area (Å²) in [6.07, 6.45) is 0. The largest absolute Gasteiger partial charge is 0.673 e. The van der Waals surface area contributed by atoms with E-state index in [2.05, 4.69) is 17.6 Å². The third-order valence-electron chi connectivity index (χ3n) is 0.978. The van der Waals surface area contributed by atoms with Gasteiger partial charge in [0.05, 0.1) is 26.9 Å². The molecule has 0 aliphatic rings. The zero-order valence-electron chi connectivity index (χ0n) is 7.69. The van der Waals surface area contributed by atoms with Crippen LogP contribution in [0.25, 0.3) is 0 Å². The van der Waals surface area contributed by atoms with Gasteiger partial charge in [0.1, 0.15) is 0 Å². The maximum atomic E-state index is 9.75. The van der Waals surface area contributed by atoms with Crippen LogP contribution in [-0.4, -0.2) is 44.9 Å². The fourth-order valence-corrected chi connectivity index (χ4v) is 0.885. The first kappa shape index (κ1) is 15.1. The summed E-state index contributed by atoms with van der Waals surface area (Å²) in [4.78, 5) is 5.02. The highest BCUT2D eigenvalue weighted by Gasteiger charge is 2.20. The fourth-order valence-electron chi connectivity index (χ4n) is 0.444. The molecule has 0 aromatic carbocycles. The van der Waals surface area contributed by atoms with Crippen LogP contribution in [0, 0.1) is 0 Å². The molecular weight excluding hydrogens is 207 g/mol. The Hall–Kier alpha value is -0.395. The van der Waals surface area contributed by atoms with Crippen LogP contribution < -0.4 is 4.99 Å². The molecule has 0 aliphatic heterocycles. The van der Waals surface area contributed by atoms with E-state index in [1.54, 1.807) is 0 Å². The highest BCUT2D eigenvalue weighted by molar-refractivity contribution is 7.81. The number of nitrogens with one attached hydrogen (secondary N) is 1. The highest BCUT2D eigenvalue weighted by atomic mass is 32.1. The van der Waals surface area contributed by atoms with Crippen LogP contribution in [0.3, 0.4) is 0 Å². The molecule has 8 heteroatoms. The number of thiol groups is 1. The molecule has 0 bridgehead atoms.